The lowest BCUT2D eigenvalue weighted by Gasteiger charge is -2.06. The molecule has 1 heterocycles. The largest absolute Gasteiger partial charge is 0.454 e. The maximum atomic E-state index is 5.65. The summed E-state index contributed by atoms with van der Waals surface area (Å²) in [5.74, 6) is 1.26. The molecule has 0 radical (unpaired) electrons. The highest BCUT2D eigenvalue weighted by atomic mass is 16.7. The van der Waals surface area contributed by atoms with Crippen LogP contribution in [0, 0.1) is 0 Å². The number of guanidine groups is 2. The zero-order chi connectivity index (χ0) is 13.8. The molecular formula is C12H17N5O2. The van der Waals surface area contributed by atoms with E-state index in [4.69, 9.17) is 26.7 Å². The van der Waals surface area contributed by atoms with E-state index in [9.17, 15) is 0 Å². The van der Waals surface area contributed by atoms with Gasteiger partial charge in [0.1, 0.15) is 0 Å². The standard InChI is InChI=1S/C12H17N5O2/c1-2-3-7-4-9-10(19-6-18-9)5-8(7)16-12(15)17-11(13)14/h4-5H,2-3,6H2,1H3,(H6,13,14,15,16,17). The first-order chi connectivity index (χ1) is 9.10. The maximum absolute atomic E-state index is 5.65. The zero-order valence-corrected chi connectivity index (χ0v) is 10.7. The van der Waals surface area contributed by atoms with Gasteiger partial charge < -0.3 is 26.7 Å². The van der Waals surface area contributed by atoms with Crippen LogP contribution < -0.4 is 26.7 Å². The molecule has 0 saturated carbocycles. The number of aryl methyl sites for hydroxylation is 1. The van der Waals surface area contributed by atoms with Crippen LogP contribution in [-0.4, -0.2) is 18.7 Å². The van der Waals surface area contributed by atoms with Gasteiger partial charge in [0, 0.05) is 6.07 Å². The highest BCUT2D eigenvalue weighted by Gasteiger charge is 2.16. The molecule has 1 aliphatic rings. The third-order valence-electron chi connectivity index (χ3n) is 2.57. The predicted octanol–water partition coefficient (Wildman–Crippen LogP) is 0.587. The molecule has 0 unspecified atom stereocenters. The minimum Gasteiger partial charge on any atom is -0.454 e. The molecule has 102 valence electrons. The number of ether oxygens (including phenoxy) is 2. The van der Waals surface area contributed by atoms with Crippen molar-refractivity contribution in [3.05, 3.63) is 17.7 Å². The van der Waals surface area contributed by atoms with Crippen LogP contribution in [0.4, 0.5) is 5.69 Å². The molecule has 1 aromatic rings. The van der Waals surface area contributed by atoms with Crippen LogP contribution in [0.1, 0.15) is 18.9 Å². The average molecular weight is 263 g/mol. The van der Waals surface area contributed by atoms with Crippen LogP contribution in [-0.2, 0) is 6.42 Å². The monoisotopic (exact) mass is 263 g/mol. The van der Waals surface area contributed by atoms with Crippen molar-refractivity contribution in [3.8, 4) is 11.5 Å². The summed E-state index contributed by atoms with van der Waals surface area (Å²) in [5.41, 5.74) is 17.9. The van der Waals surface area contributed by atoms with E-state index >= 15 is 0 Å². The van der Waals surface area contributed by atoms with Crippen LogP contribution in [0.2, 0.25) is 0 Å². The van der Waals surface area contributed by atoms with Crippen molar-refractivity contribution in [3.63, 3.8) is 0 Å². The molecule has 0 bridgehead atoms. The molecule has 0 atom stereocenters. The van der Waals surface area contributed by atoms with Gasteiger partial charge in [0.05, 0.1) is 5.69 Å². The SMILES string of the molecule is CCCc1cc2c(cc1N=C(N)N=C(N)N)OCO2. The van der Waals surface area contributed by atoms with E-state index in [1.165, 1.54) is 0 Å². The fourth-order valence-electron chi connectivity index (χ4n) is 1.83. The molecule has 2 rings (SSSR count). The Bertz CT molecular complexity index is 535. The fourth-order valence-corrected chi connectivity index (χ4v) is 1.83. The lowest BCUT2D eigenvalue weighted by atomic mass is 10.1. The van der Waals surface area contributed by atoms with Gasteiger partial charge in [-0.15, -0.1) is 0 Å². The van der Waals surface area contributed by atoms with E-state index < -0.39 is 0 Å². The second-order valence-electron chi connectivity index (χ2n) is 4.09. The Hall–Kier alpha value is -2.44. The summed E-state index contributed by atoms with van der Waals surface area (Å²) in [6.45, 7) is 2.30. The third kappa shape index (κ3) is 3.06. The average Bonchev–Trinajstić information content (AvgIpc) is 2.75. The van der Waals surface area contributed by atoms with Crippen LogP contribution in [0.25, 0.3) is 0 Å². The molecule has 19 heavy (non-hydrogen) atoms. The Kier molecular flexibility index (Phi) is 3.74. The summed E-state index contributed by atoms with van der Waals surface area (Å²) in [6.07, 6.45) is 1.83. The molecule has 0 aromatic heterocycles. The highest BCUT2D eigenvalue weighted by Crippen LogP contribution is 2.38. The van der Waals surface area contributed by atoms with Gasteiger partial charge in [-0.05, 0) is 18.1 Å². The van der Waals surface area contributed by atoms with Gasteiger partial charge in [-0.3, -0.25) is 0 Å². The van der Waals surface area contributed by atoms with Crippen molar-refractivity contribution in [1.82, 2.24) is 0 Å². The van der Waals surface area contributed by atoms with Crippen LogP contribution in [0.5, 0.6) is 11.5 Å². The number of fused-ring (bicyclic) bond motifs is 1. The summed E-state index contributed by atoms with van der Waals surface area (Å²) in [4.78, 5) is 7.90. The molecule has 6 N–H and O–H groups in total. The predicted molar refractivity (Wildman–Crippen MR) is 73.7 cm³/mol. The Balaban J connectivity index is 2.40. The van der Waals surface area contributed by atoms with Crippen molar-refractivity contribution in [2.75, 3.05) is 6.79 Å². The summed E-state index contributed by atoms with van der Waals surface area (Å²) in [7, 11) is 0. The Morgan fingerprint density at radius 1 is 1.21 bits per heavy atom. The lowest BCUT2D eigenvalue weighted by molar-refractivity contribution is 0.174. The normalized spacial score (nSPS) is 13.4. The molecule has 0 aliphatic carbocycles. The van der Waals surface area contributed by atoms with E-state index in [-0.39, 0.29) is 18.7 Å². The molecule has 0 spiro atoms. The summed E-state index contributed by atoms with van der Waals surface area (Å²) < 4.78 is 10.7. The van der Waals surface area contributed by atoms with Crippen LogP contribution in [0.15, 0.2) is 22.1 Å². The molecule has 7 nitrogen and oxygen atoms in total. The summed E-state index contributed by atoms with van der Waals surface area (Å²) in [6, 6.07) is 3.69. The first-order valence-corrected chi connectivity index (χ1v) is 5.96. The fraction of sp³-hybridized carbons (Fsp3) is 0.333. The molecule has 0 fully saturated rings. The molecule has 0 saturated heterocycles. The van der Waals surface area contributed by atoms with Crippen LogP contribution in [0.3, 0.4) is 0 Å². The minimum absolute atomic E-state index is 0.0104. The van der Waals surface area contributed by atoms with E-state index in [1.807, 2.05) is 6.07 Å². The van der Waals surface area contributed by atoms with Gasteiger partial charge in [-0.25, -0.2) is 4.99 Å². The second kappa shape index (κ2) is 5.47. The zero-order valence-electron chi connectivity index (χ0n) is 10.7. The van der Waals surface area contributed by atoms with E-state index in [0.29, 0.717) is 11.4 Å². The van der Waals surface area contributed by atoms with Gasteiger partial charge >= 0.3 is 0 Å². The number of nitrogens with zero attached hydrogens (tertiary/aromatic N) is 2. The maximum Gasteiger partial charge on any atom is 0.231 e. The molecular weight excluding hydrogens is 246 g/mol. The number of rotatable bonds is 3. The van der Waals surface area contributed by atoms with Gasteiger partial charge in [0.25, 0.3) is 0 Å². The Morgan fingerprint density at radius 2 is 1.89 bits per heavy atom. The van der Waals surface area contributed by atoms with Gasteiger partial charge in [0.15, 0.2) is 17.5 Å². The summed E-state index contributed by atoms with van der Waals surface area (Å²) >= 11 is 0. The minimum atomic E-state index is -0.126. The topological polar surface area (TPSA) is 121 Å². The molecule has 1 aromatic carbocycles. The molecule has 1 aliphatic heterocycles. The Morgan fingerprint density at radius 3 is 2.53 bits per heavy atom. The number of nitrogens with two attached hydrogens (primary N) is 3. The van der Waals surface area contributed by atoms with Gasteiger partial charge in [-0.2, -0.15) is 4.99 Å². The first kappa shape index (κ1) is 13.0. The lowest BCUT2D eigenvalue weighted by Crippen LogP contribution is -2.26. The molecule has 7 heteroatoms. The van der Waals surface area contributed by atoms with Gasteiger partial charge in [0.2, 0.25) is 12.8 Å². The van der Waals surface area contributed by atoms with Crippen molar-refractivity contribution in [1.29, 1.82) is 0 Å². The van der Waals surface area contributed by atoms with Crippen molar-refractivity contribution >= 4 is 17.6 Å². The quantitative estimate of drug-likeness (QED) is 0.544. The van der Waals surface area contributed by atoms with Gasteiger partial charge in [-0.1, -0.05) is 13.3 Å². The number of benzene rings is 1. The van der Waals surface area contributed by atoms with Crippen molar-refractivity contribution < 1.29 is 9.47 Å². The van der Waals surface area contributed by atoms with E-state index in [0.717, 1.165) is 24.2 Å². The van der Waals surface area contributed by atoms with Crippen molar-refractivity contribution in [2.24, 2.45) is 27.2 Å². The van der Waals surface area contributed by atoms with E-state index in [2.05, 4.69) is 16.9 Å². The number of hydrogen-bond donors (Lipinski definition) is 3. The van der Waals surface area contributed by atoms with Crippen LogP contribution >= 0.6 is 0 Å². The first-order valence-electron chi connectivity index (χ1n) is 5.96. The second-order valence-corrected chi connectivity index (χ2v) is 4.09. The smallest absolute Gasteiger partial charge is 0.231 e. The van der Waals surface area contributed by atoms with Crippen molar-refractivity contribution in [2.45, 2.75) is 19.8 Å². The van der Waals surface area contributed by atoms with E-state index in [1.54, 1.807) is 6.07 Å². The highest BCUT2D eigenvalue weighted by molar-refractivity contribution is 5.93. The third-order valence-corrected chi connectivity index (χ3v) is 2.57. The summed E-state index contributed by atoms with van der Waals surface area (Å²) in [5, 5.41) is 0. The molecule has 0 amide bonds. The number of aliphatic imine (C=N–C) groups is 2. The Labute approximate surface area is 111 Å². The number of hydrogen-bond acceptors (Lipinski definition) is 3.